The van der Waals surface area contributed by atoms with Crippen molar-refractivity contribution < 1.29 is 0 Å². The predicted molar refractivity (Wildman–Crippen MR) is 76.4 cm³/mol. The molecule has 1 N–H and O–H groups in total. The van der Waals surface area contributed by atoms with Crippen LogP contribution in [0.4, 0.5) is 0 Å². The second-order valence-corrected chi connectivity index (χ2v) is 6.23. The molecule has 0 aromatic heterocycles. The number of nitrogens with one attached hydrogen (secondary N) is 1. The molecule has 1 fully saturated rings. The van der Waals surface area contributed by atoms with Crippen molar-refractivity contribution in [2.75, 3.05) is 26.2 Å². The van der Waals surface area contributed by atoms with Crippen LogP contribution in [0.2, 0.25) is 0 Å². The molecule has 0 spiro atoms. The van der Waals surface area contributed by atoms with Gasteiger partial charge in [-0.3, -0.25) is 0 Å². The topological polar surface area (TPSA) is 15.3 Å². The summed E-state index contributed by atoms with van der Waals surface area (Å²) in [4.78, 5) is 2.69. The van der Waals surface area contributed by atoms with Crippen LogP contribution in [0.1, 0.15) is 53.9 Å². The molecule has 0 radical (unpaired) electrons. The Balaban J connectivity index is 2.37. The van der Waals surface area contributed by atoms with Gasteiger partial charge in [0.15, 0.2) is 0 Å². The van der Waals surface area contributed by atoms with Gasteiger partial charge in [-0.1, -0.05) is 34.1 Å². The largest absolute Gasteiger partial charge is 0.317 e. The summed E-state index contributed by atoms with van der Waals surface area (Å²) in [5, 5.41) is 3.47. The van der Waals surface area contributed by atoms with Gasteiger partial charge in [-0.2, -0.15) is 0 Å². The van der Waals surface area contributed by atoms with Crippen LogP contribution in [0.3, 0.4) is 0 Å². The first-order valence-corrected chi connectivity index (χ1v) is 7.47. The Hall–Kier alpha value is -0.0800. The van der Waals surface area contributed by atoms with Crippen molar-refractivity contribution in [3.63, 3.8) is 0 Å². The van der Waals surface area contributed by atoms with E-state index in [9.17, 15) is 0 Å². The Kier molecular flexibility index (Phi) is 5.94. The fraction of sp³-hybridized carbons (Fsp3) is 1.00. The van der Waals surface area contributed by atoms with Crippen molar-refractivity contribution in [1.82, 2.24) is 10.2 Å². The van der Waals surface area contributed by atoms with E-state index in [0.29, 0.717) is 5.41 Å². The van der Waals surface area contributed by atoms with Gasteiger partial charge in [0.2, 0.25) is 0 Å². The lowest BCUT2D eigenvalue weighted by molar-refractivity contribution is 0.0669. The summed E-state index contributed by atoms with van der Waals surface area (Å²) < 4.78 is 0. The third-order valence-corrected chi connectivity index (χ3v) is 4.97. The van der Waals surface area contributed by atoms with Gasteiger partial charge in [-0.15, -0.1) is 0 Å². The molecule has 2 nitrogen and oxygen atoms in total. The van der Waals surface area contributed by atoms with Crippen LogP contribution in [0, 0.1) is 11.3 Å². The van der Waals surface area contributed by atoms with Gasteiger partial charge in [0.05, 0.1) is 0 Å². The number of rotatable bonds is 6. The highest BCUT2D eigenvalue weighted by atomic mass is 15.2. The fourth-order valence-corrected chi connectivity index (χ4v) is 2.73. The zero-order valence-corrected chi connectivity index (χ0v) is 12.6. The van der Waals surface area contributed by atoms with Crippen LogP contribution < -0.4 is 5.32 Å². The van der Waals surface area contributed by atoms with Crippen molar-refractivity contribution >= 4 is 0 Å². The second-order valence-electron chi connectivity index (χ2n) is 6.23. The number of nitrogens with zero attached hydrogens (tertiary/aromatic N) is 1. The molecule has 0 aromatic rings. The Morgan fingerprint density at radius 2 is 1.76 bits per heavy atom. The highest BCUT2D eigenvalue weighted by molar-refractivity contribution is 4.85. The van der Waals surface area contributed by atoms with Gasteiger partial charge in [-0.05, 0) is 57.3 Å². The average molecular weight is 240 g/mol. The summed E-state index contributed by atoms with van der Waals surface area (Å²) in [6, 6.07) is 0.718. The van der Waals surface area contributed by atoms with Gasteiger partial charge in [0.25, 0.3) is 0 Å². The van der Waals surface area contributed by atoms with E-state index in [1.165, 1.54) is 32.4 Å². The average Bonchev–Trinajstić information content (AvgIpc) is 2.36. The zero-order valence-electron chi connectivity index (χ0n) is 12.6. The maximum absolute atomic E-state index is 3.47. The Morgan fingerprint density at radius 3 is 2.24 bits per heavy atom. The second kappa shape index (κ2) is 6.75. The highest BCUT2D eigenvalue weighted by Gasteiger charge is 2.31. The van der Waals surface area contributed by atoms with Gasteiger partial charge in [0.1, 0.15) is 0 Å². The van der Waals surface area contributed by atoms with Crippen LogP contribution in [-0.4, -0.2) is 37.1 Å². The summed E-state index contributed by atoms with van der Waals surface area (Å²) in [6.45, 7) is 16.6. The van der Waals surface area contributed by atoms with Crippen molar-refractivity contribution in [3.05, 3.63) is 0 Å². The quantitative estimate of drug-likeness (QED) is 0.767. The van der Waals surface area contributed by atoms with Gasteiger partial charge < -0.3 is 10.2 Å². The lowest BCUT2D eigenvalue weighted by Gasteiger charge is -2.43. The molecule has 1 saturated heterocycles. The highest BCUT2D eigenvalue weighted by Crippen LogP contribution is 2.35. The molecule has 102 valence electrons. The summed E-state index contributed by atoms with van der Waals surface area (Å²) in [5.41, 5.74) is 0.612. The first kappa shape index (κ1) is 15.0. The number of piperidine rings is 1. The summed E-state index contributed by atoms with van der Waals surface area (Å²) in [5.74, 6) is 0.751. The molecule has 2 unspecified atom stereocenters. The summed E-state index contributed by atoms with van der Waals surface area (Å²) in [7, 11) is 0. The van der Waals surface area contributed by atoms with Crippen LogP contribution in [0.5, 0.6) is 0 Å². The summed E-state index contributed by atoms with van der Waals surface area (Å²) in [6.07, 6.45) is 4.09. The minimum absolute atomic E-state index is 0.612. The van der Waals surface area contributed by atoms with Gasteiger partial charge >= 0.3 is 0 Å². The Bertz CT molecular complexity index is 207. The molecule has 1 rings (SSSR count). The van der Waals surface area contributed by atoms with Crippen molar-refractivity contribution in [1.29, 1.82) is 0 Å². The van der Waals surface area contributed by atoms with Crippen LogP contribution in [0.15, 0.2) is 0 Å². The normalized spacial score (nSPS) is 24.5. The van der Waals surface area contributed by atoms with E-state index in [1.807, 2.05) is 0 Å². The zero-order chi connectivity index (χ0) is 12.9. The first-order valence-electron chi connectivity index (χ1n) is 7.47. The molecule has 1 heterocycles. The monoisotopic (exact) mass is 240 g/mol. The number of hydrogen-bond acceptors (Lipinski definition) is 2. The van der Waals surface area contributed by atoms with Crippen molar-refractivity contribution in [2.45, 2.75) is 59.9 Å². The molecule has 1 aliphatic heterocycles. The van der Waals surface area contributed by atoms with E-state index in [1.54, 1.807) is 0 Å². The van der Waals surface area contributed by atoms with Crippen molar-refractivity contribution in [3.8, 4) is 0 Å². The first-order chi connectivity index (χ1) is 8.02. The molecule has 17 heavy (non-hydrogen) atoms. The van der Waals surface area contributed by atoms with Crippen LogP contribution in [0.25, 0.3) is 0 Å². The maximum Gasteiger partial charge on any atom is 0.0105 e. The van der Waals surface area contributed by atoms with E-state index in [4.69, 9.17) is 0 Å². The summed E-state index contributed by atoms with van der Waals surface area (Å²) >= 11 is 0. The molecule has 0 aromatic carbocycles. The number of likely N-dealkylation sites (tertiary alicyclic amines) is 1. The van der Waals surface area contributed by atoms with Crippen LogP contribution >= 0.6 is 0 Å². The molecule has 2 heteroatoms. The maximum atomic E-state index is 3.47. The fourth-order valence-electron chi connectivity index (χ4n) is 2.73. The molecule has 0 saturated carbocycles. The Labute approximate surface area is 108 Å². The lowest BCUT2D eigenvalue weighted by atomic mass is 9.77. The molecule has 2 atom stereocenters. The molecule has 0 amide bonds. The molecule has 0 bridgehead atoms. The van der Waals surface area contributed by atoms with Gasteiger partial charge in [0, 0.05) is 6.04 Å². The standard InChI is InChI=1S/C15H32N2/c1-6-15(5)8-10-17(11-9-15)14(4)13(3)12-16-7-2/h13-14,16H,6-12H2,1-5H3. The molecular weight excluding hydrogens is 208 g/mol. The van der Waals surface area contributed by atoms with E-state index in [0.717, 1.165) is 25.0 Å². The van der Waals surface area contributed by atoms with Crippen LogP contribution in [-0.2, 0) is 0 Å². The third-order valence-electron chi connectivity index (χ3n) is 4.97. The number of hydrogen-bond donors (Lipinski definition) is 1. The van der Waals surface area contributed by atoms with Gasteiger partial charge in [-0.25, -0.2) is 0 Å². The van der Waals surface area contributed by atoms with E-state index >= 15 is 0 Å². The van der Waals surface area contributed by atoms with E-state index in [2.05, 4.69) is 44.8 Å². The Morgan fingerprint density at radius 1 is 1.18 bits per heavy atom. The molecule has 0 aliphatic carbocycles. The van der Waals surface area contributed by atoms with Crippen molar-refractivity contribution in [2.24, 2.45) is 11.3 Å². The van der Waals surface area contributed by atoms with E-state index < -0.39 is 0 Å². The minimum atomic E-state index is 0.612. The van der Waals surface area contributed by atoms with E-state index in [-0.39, 0.29) is 0 Å². The molecular formula is C15H32N2. The lowest BCUT2D eigenvalue weighted by Crippen LogP contribution is -2.47. The SMILES string of the molecule is CCNCC(C)C(C)N1CCC(C)(CC)CC1. The smallest absolute Gasteiger partial charge is 0.0105 e. The third kappa shape index (κ3) is 4.26. The predicted octanol–water partition coefficient (Wildman–Crippen LogP) is 3.13. The minimum Gasteiger partial charge on any atom is -0.317 e. The molecule has 1 aliphatic rings.